The highest BCUT2D eigenvalue weighted by molar-refractivity contribution is 5.66. The van der Waals surface area contributed by atoms with E-state index >= 15 is 0 Å². The number of hydrogen-bond donors (Lipinski definition) is 2. The lowest BCUT2D eigenvalue weighted by atomic mass is 10.4. The highest BCUT2D eigenvalue weighted by atomic mass is 16.5. The van der Waals surface area contributed by atoms with E-state index < -0.39 is 0 Å². The molecule has 0 amide bonds. The van der Waals surface area contributed by atoms with E-state index in [0.717, 1.165) is 13.0 Å². The van der Waals surface area contributed by atoms with E-state index in [1.165, 1.54) is 0 Å². The van der Waals surface area contributed by atoms with E-state index in [1.54, 1.807) is 7.11 Å². The van der Waals surface area contributed by atoms with Crippen molar-refractivity contribution in [2.75, 3.05) is 31.3 Å². The zero-order chi connectivity index (χ0) is 12.7. The Hall–Kier alpha value is -1.56. The van der Waals surface area contributed by atoms with Crippen molar-refractivity contribution in [1.29, 1.82) is 0 Å². The number of rotatable bonds is 7. The third-order valence-corrected chi connectivity index (χ3v) is 2.02. The molecule has 0 atom stereocenters. The van der Waals surface area contributed by atoms with Gasteiger partial charge in [-0.2, -0.15) is 4.98 Å². The fraction of sp³-hybridized carbons (Fsp3) is 0.636. The summed E-state index contributed by atoms with van der Waals surface area (Å²) >= 11 is 0. The predicted octanol–water partition coefficient (Wildman–Crippen LogP) is 1.43. The highest BCUT2D eigenvalue weighted by Crippen LogP contribution is 2.26. The monoisotopic (exact) mass is 240 g/mol. The normalized spacial score (nSPS) is 10.3. The Morgan fingerprint density at radius 2 is 2.06 bits per heavy atom. The van der Waals surface area contributed by atoms with Gasteiger partial charge in [-0.15, -0.1) is 0 Å². The van der Waals surface area contributed by atoms with E-state index in [1.807, 2.05) is 13.8 Å². The van der Waals surface area contributed by atoms with Gasteiger partial charge in [0.05, 0.1) is 6.61 Å². The van der Waals surface area contributed by atoms with Gasteiger partial charge in [-0.25, -0.2) is 4.98 Å². The third kappa shape index (κ3) is 3.74. The number of aromatic nitrogens is 2. The third-order valence-electron chi connectivity index (χ3n) is 2.02. The molecule has 1 heterocycles. The lowest BCUT2D eigenvalue weighted by Gasteiger charge is -2.12. The van der Waals surface area contributed by atoms with Gasteiger partial charge in [0.15, 0.2) is 11.6 Å². The minimum atomic E-state index is 0.334. The molecule has 0 aliphatic rings. The smallest absolute Gasteiger partial charge is 0.242 e. The minimum Gasteiger partial charge on any atom is -0.476 e. The van der Waals surface area contributed by atoms with Crippen molar-refractivity contribution in [3.05, 3.63) is 5.82 Å². The Bertz CT molecular complexity index is 358. The number of nitrogens with zero attached hydrogens (tertiary/aromatic N) is 2. The quantitative estimate of drug-likeness (QED) is 0.750. The van der Waals surface area contributed by atoms with Crippen molar-refractivity contribution < 1.29 is 9.47 Å². The van der Waals surface area contributed by atoms with Crippen molar-refractivity contribution in [3.63, 3.8) is 0 Å². The summed E-state index contributed by atoms with van der Waals surface area (Å²) in [4.78, 5) is 8.49. The number of ether oxygens (including phenoxy) is 2. The van der Waals surface area contributed by atoms with Gasteiger partial charge in [-0.1, -0.05) is 6.92 Å². The summed E-state index contributed by atoms with van der Waals surface area (Å²) in [6.07, 6.45) is 0.902. The van der Waals surface area contributed by atoms with Gasteiger partial charge >= 0.3 is 0 Å². The summed E-state index contributed by atoms with van der Waals surface area (Å²) in [5, 5.41) is 3.08. The average molecular weight is 240 g/mol. The van der Waals surface area contributed by atoms with E-state index in [-0.39, 0.29) is 0 Å². The SMILES string of the molecule is CCCOc1nc(COC)nc(NCC)c1N. The van der Waals surface area contributed by atoms with Gasteiger partial charge < -0.3 is 20.5 Å². The van der Waals surface area contributed by atoms with Crippen molar-refractivity contribution in [2.24, 2.45) is 0 Å². The van der Waals surface area contributed by atoms with Crippen LogP contribution >= 0.6 is 0 Å². The van der Waals surface area contributed by atoms with Crippen LogP contribution in [0, 0.1) is 0 Å². The molecule has 17 heavy (non-hydrogen) atoms. The first-order chi connectivity index (χ1) is 8.22. The second-order valence-corrected chi connectivity index (χ2v) is 3.52. The van der Waals surface area contributed by atoms with Gasteiger partial charge in [0.2, 0.25) is 5.88 Å². The summed E-state index contributed by atoms with van der Waals surface area (Å²) in [5.74, 6) is 1.58. The molecular formula is C11H20N4O2. The zero-order valence-corrected chi connectivity index (χ0v) is 10.6. The first kappa shape index (κ1) is 13.5. The van der Waals surface area contributed by atoms with E-state index in [4.69, 9.17) is 15.2 Å². The molecule has 0 fully saturated rings. The largest absolute Gasteiger partial charge is 0.476 e. The second kappa shape index (κ2) is 6.90. The number of nitrogens with one attached hydrogen (secondary N) is 1. The Labute approximate surface area is 102 Å². The maximum Gasteiger partial charge on any atom is 0.242 e. The van der Waals surface area contributed by atoms with Crippen LogP contribution in [0.2, 0.25) is 0 Å². The topological polar surface area (TPSA) is 82.3 Å². The molecule has 1 rings (SSSR count). The second-order valence-electron chi connectivity index (χ2n) is 3.52. The summed E-state index contributed by atoms with van der Waals surface area (Å²) in [6.45, 7) is 5.66. The van der Waals surface area contributed by atoms with Gasteiger partial charge in [0.1, 0.15) is 12.3 Å². The summed E-state index contributed by atoms with van der Waals surface area (Å²) in [7, 11) is 1.60. The fourth-order valence-electron chi connectivity index (χ4n) is 1.30. The molecule has 6 heteroatoms. The van der Waals surface area contributed by atoms with Crippen LogP contribution in [0.25, 0.3) is 0 Å². The van der Waals surface area contributed by atoms with E-state index in [0.29, 0.717) is 36.4 Å². The molecule has 0 saturated heterocycles. The van der Waals surface area contributed by atoms with E-state index in [9.17, 15) is 0 Å². The maximum atomic E-state index is 5.92. The Kier molecular flexibility index (Phi) is 5.48. The van der Waals surface area contributed by atoms with Crippen LogP contribution < -0.4 is 15.8 Å². The molecule has 0 aliphatic heterocycles. The van der Waals surface area contributed by atoms with Crippen molar-refractivity contribution in [2.45, 2.75) is 26.9 Å². The van der Waals surface area contributed by atoms with Gasteiger partial charge in [-0.3, -0.25) is 0 Å². The molecular weight excluding hydrogens is 220 g/mol. The molecule has 0 aromatic carbocycles. The van der Waals surface area contributed by atoms with Gasteiger partial charge in [0, 0.05) is 13.7 Å². The molecule has 0 bridgehead atoms. The molecule has 3 N–H and O–H groups in total. The Morgan fingerprint density at radius 3 is 2.65 bits per heavy atom. The van der Waals surface area contributed by atoms with Crippen LogP contribution in [0.3, 0.4) is 0 Å². The molecule has 0 aliphatic carbocycles. The fourth-order valence-corrected chi connectivity index (χ4v) is 1.30. The molecule has 6 nitrogen and oxygen atoms in total. The number of nitrogens with two attached hydrogens (primary N) is 1. The van der Waals surface area contributed by atoms with Crippen LogP contribution in [0.15, 0.2) is 0 Å². The number of methoxy groups -OCH3 is 1. The van der Waals surface area contributed by atoms with E-state index in [2.05, 4.69) is 15.3 Å². The van der Waals surface area contributed by atoms with Crippen molar-refractivity contribution in [1.82, 2.24) is 9.97 Å². The Morgan fingerprint density at radius 1 is 1.29 bits per heavy atom. The van der Waals surface area contributed by atoms with Gasteiger partial charge in [0.25, 0.3) is 0 Å². The minimum absolute atomic E-state index is 0.334. The molecule has 96 valence electrons. The first-order valence-electron chi connectivity index (χ1n) is 5.74. The summed E-state index contributed by atoms with van der Waals surface area (Å²) in [6, 6.07) is 0. The molecule has 1 aromatic rings. The zero-order valence-electron chi connectivity index (χ0n) is 10.6. The molecule has 0 saturated carbocycles. The number of anilines is 2. The van der Waals surface area contributed by atoms with Crippen molar-refractivity contribution in [3.8, 4) is 5.88 Å². The van der Waals surface area contributed by atoms with Gasteiger partial charge in [-0.05, 0) is 13.3 Å². The standard InChI is InChI=1S/C11H20N4O2/c1-4-6-17-11-9(12)10(13-5-2)14-8(15-11)7-16-3/h4-7,12H2,1-3H3,(H,13,14,15). The summed E-state index contributed by atoms with van der Waals surface area (Å²) < 4.78 is 10.5. The summed E-state index contributed by atoms with van der Waals surface area (Å²) in [5.41, 5.74) is 6.37. The number of hydrogen-bond acceptors (Lipinski definition) is 6. The molecule has 1 aromatic heterocycles. The van der Waals surface area contributed by atoms with Crippen LogP contribution in [-0.2, 0) is 11.3 Å². The van der Waals surface area contributed by atoms with Crippen LogP contribution in [0.4, 0.5) is 11.5 Å². The van der Waals surface area contributed by atoms with Crippen LogP contribution in [-0.4, -0.2) is 30.2 Å². The predicted molar refractivity (Wildman–Crippen MR) is 67.1 cm³/mol. The molecule has 0 radical (unpaired) electrons. The number of nitrogen functional groups attached to an aromatic ring is 1. The lowest BCUT2D eigenvalue weighted by molar-refractivity contribution is 0.176. The first-order valence-corrected chi connectivity index (χ1v) is 5.74. The van der Waals surface area contributed by atoms with Crippen molar-refractivity contribution >= 4 is 11.5 Å². The maximum absolute atomic E-state index is 5.92. The van der Waals surface area contributed by atoms with Crippen LogP contribution in [0.5, 0.6) is 5.88 Å². The molecule has 0 unspecified atom stereocenters. The average Bonchev–Trinajstić information content (AvgIpc) is 2.32. The van der Waals surface area contributed by atoms with Crippen LogP contribution in [0.1, 0.15) is 26.1 Å². The lowest BCUT2D eigenvalue weighted by Crippen LogP contribution is -2.11. The Balaban J connectivity index is 2.99. The molecule has 0 spiro atoms. The highest BCUT2D eigenvalue weighted by Gasteiger charge is 2.12.